The molecule has 0 aliphatic heterocycles. The zero-order chi connectivity index (χ0) is 18.1. The second-order valence-corrected chi connectivity index (χ2v) is 5.64. The van der Waals surface area contributed by atoms with Crippen LogP contribution in [0.5, 0.6) is 0 Å². The van der Waals surface area contributed by atoms with E-state index in [-0.39, 0.29) is 17.9 Å². The highest BCUT2D eigenvalue weighted by Crippen LogP contribution is 2.15. The van der Waals surface area contributed by atoms with Gasteiger partial charge in [0, 0.05) is 13.2 Å². The number of hydrogen-bond donors (Lipinski definition) is 3. The quantitative estimate of drug-likeness (QED) is 0.526. The minimum Gasteiger partial charge on any atom is -0.396 e. The molecule has 0 atom stereocenters. The summed E-state index contributed by atoms with van der Waals surface area (Å²) in [5, 5.41) is 14.4. The van der Waals surface area contributed by atoms with Crippen LogP contribution in [-0.4, -0.2) is 30.1 Å². The summed E-state index contributed by atoms with van der Waals surface area (Å²) in [6.07, 6.45) is 2.02. The van der Waals surface area contributed by atoms with Crippen molar-refractivity contribution in [3.63, 3.8) is 0 Å². The Balaban J connectivity index is 2.22. The Morgan fingerprint density at radius 1 is 1.04 bits per heavy atom. The summed E-state index contributed by atoms with van der Waals surface area (Å²) in [6.45, 7) is 0.285. The summed E-state index contributed by atoms with van der Waals surface area (Å²) in [5.41, 5.74) is 1.16. The van der Waals surface area contributed by atoms with Crippen LogP contribution in [-0.2, 0) is 4.79 Å². The zero-order valence-corrected chi connectivity index (χ0v) is 14.3. The molecule has 0 fully saturated rings. The van der Waals surface area contributed by atoms with E-state index in [1.807, 2.05) is 30.3 Å². The van der Waals surface area contributed by atoms with Crippen molar-refractivity contribution >= 4 is 29.5 Å². The van der Waals surface area contributed by atoms with Gasteiger partial charge in [0.1, 0.15) is 5.70 Å². The molecule has 2 aromatic rings. The summed E-state index contributed by atoms with van der Waals surface area (Å²) in [7, 11) is 0. The molecule has 0 bridgehead atoms. The van der Waals surface area contributed by atoms with Crippen molar-refractivity contribution in [2.45, 2.75) is 6.42 Å². The van der Waals surface area contributed by atoms with Gasteiger partial charge in [-0.05, 0) is 30.2 Å². The first-order valence-corrected chi connectivity index (χ1v) is 8.21. The molecular formula is C19H19ClN2O3. The van der Waals surface area contributed by atoms with Gasteiger partial charge in [0.15, 0.2) is 0 Å². The number of carbonyl (C=O) groups excluding carboxylic acids is 2. The number of aliphatic hydroxyl groups is 1. The molecule has 25 heavy (non-hydrogen) atoms. The number of halogens is 1. The maximum atomic E-state index is 12.4. The van der Waals surface area contributed by atoms with Crippen molar-refractivity contribution in [2.75, 3.05) is 13.2 Å². The summed E-state index contributed by atoms with van der Waals surface area (Å²) < 4.78 is 0. The highest BCUT2D eigenvalue weighted by atomic mass is 35.5. The molecule has 0 radical (unpaired) electrons. The Kier molecular flexibility index (Phi) is 7.19. The fourth-order valence-electron chi connectivity index (χ4n) is 2.09. The standard InChI is InChI=1S/C19H19ClN2O3/c20-16-10-5-4-9-15(16)18(24)22-17(19(25)21-11-6-12-23)13-14-7-2-1-3-8-14/h1-5,7-10,13,23H,6,11-12H2,(H,21,25)(H,22,24). The van der Waals surface area contributed by atoms with Gasteiger partial charge < -0.3 is 15.7 Å². The third-order valence-electron chi connectivity index (χ3n) is 3.34. The third-order valence-corrected chi connectivity index (χ3v) is 3.67. The number of amides is 2. The lowest BCUT2D eigenvalue weighted by Crippen LogP contribution is -2.35. The Bertz CT molecular complexity index is 760. The van der Waals surface area contributed by atoms with Gasteiger partial charge in [0.05, 0.1) is 10.6 Å². The Morgan fingerprint density at radius 3 is 2.40 bits per heavy atom. The van der Waals surface area contributed by atoms with E-state index in [4.69, 9.17) is 16.7 Å². The maximum absolute atomic E-state index is 12.4. The molecule has 2 amide bonds. The smallest absolute Gasteiger partial charge is 0.267 e. The predicted octanol–water partition coefficient (Wildman–Crippen LogP) is 2.61. The van der Waals surface area contributed by atoms with Crippen molar-refractivity contribution in [1.82, 2.24) is 10.6 Å². The number of benzene rings is 2. The number of nitrogens with one attached hydrogen (secondary N) is 2. The zero-order valence-electron chi connectivity index (χ0n) is 13.5. The van der Waals surface area contributed by atoms with Crippen molar-refractivity contribution < 1.29 is 14.7 Å². The van der Waals surface area contributed by atoms with Gasteiger partial charge in [0.25, 0.3) is 11.8 Å². The van der Waals surface area contributed by atoms with Gasteiger partial charge in [-0.3, -0.25) is 9.59 Å². The molecule has 0 saturated carbocycles. The van der Waals surface area contributed by atoms with E-state index in [9.17, 15) is 9.59 Å². The number of aliphatic hydroxyl groups excluding tert-OH is 1. The Hall–Kier alpha value is -2.63. The Morgan fingerprint density at radius 2 is 1.72 bits per heavy atom. The van der Waals surface area contributed by atoms with Gasteiger partial charge >= 0.3 is 0 Å². The van der Waals surface area contributed by atoms with Crippen LogP contribution in [0.25, 0.3) is 6.08 Å². The summed E-state index contributed by atoms with van der Waals surface area (Å²) >= 11 is 6.04. The molecule has 0 aromatic heterocycles. The first kappa shape index (κ1) is 18.7. The molecule has 130 valence electrons. The third kappa shape index (κ3) is 5.74. The molecular weight excluding hydrogens is 340 g/mol. The molecule has 0 saturated heterocycles. The first-order valence-electron chi connectivity index (χ1n) is 7.83. The summed E-state index contributed by atoms with van der Waals surface area (Å²) in [4.78, 5) is 24.8. The Labute approximate surface area is 151 Å². The molecule has 0 unspecified atom stereocenters. The average molecular weight is 359 g/mol. The van der Waals surface area contributed by atoms with Crippen molar-refractivity contribution in [1.29, 1.82) is 0 Å². The van der Waals surface area contributed by atoms with E-state index in [1.165, 1.54) is 0 Å². The van der Waals surface area contributed by atoms with Crippen LogP contribution in [0.15, 0.2) is 60.3 Å². The largest absolute Gasteiger partial charge is 0.396 e. The predicted molar refractivity (Wildman–Crippen MR) is 98.0 cm³/mol. The van der Waals surface area contributed by atoms with Gasteiger partial charge in [-0.25, -0.2) is 0 Å². The van der Waals surface area contributed by atoms with Crippen molar-refractivity contribution in [2.24, 2.45) is 0 Å². The van der Waals surface area contributed by atoms with E-state index < -0.39 is 11.8 Å². The van der Waals surface area contributed by atoms with Crippen LogP contribution in [0.2, 0.25) is 5.02 Å². The molecule has 0 aliphatic carbocycles. The lowest BCUT2D eigenvalue weighted by Gasteiger charge is -2.11. The topological polar surface area (TPSA) is 78.4 Å². The highest BCUT2D eigenvalue weighted by molar-refractivity contribution is 6.34. The van der Waals surface area contributed by atoms with Crippen LogP contribution >= 0.6 is 11.6 Å². The van der Waals surface area contributed by atoms with Crippen LogP contribution in [0, 0.1) is 0 Å². The number of rotatable bonds is 7. The maximum Gasteiger partial charge on any atom is 0.267 e. The normalized spacial score (nSPS) is 11.0. The fraction of sp³-hybridized carbons (Fsp3) is 0.158. The second-order valence-electron chi connectivity index (χ2n) is 5.24. The average Bonchev–Trinajstić information content (AvgIpc) is 2.62. The van der Waals surface area contributed by atoms with E-state index in [1.54, 1.807) is 30.3 Å². The van der Waals surface area contributed by atoms with Crippen LogP contribution in [0.1, 0.15) is 22.3 Å². The molecule has 0 spiro atoms. The van der Waals surface area contributed by atoms with Crippen LogP contribution in [0.3, 0.4) is 0 Å². The van der Waals surface area contributed by atoms with Gasteiger partial charge in [-0.2, -0.15) is 0 Å². The minimum absolute atomic E-state index is 0.0238. The molecule has 2 aromatic carbocycles. The second kappa shape index (κ2) is 9.61. The summed E-state index contributed by atoms with van der Waals surface area (Å²) in [5.74, 6) is -0.900. The summed E-state index contributed by atoms with van der Waals surface area (Å²) in [6, 6.07) is 15.8. The van der Waals surface area contributed by atoms with E-state index in [0.29, 0.717) is 18.0 Å². The number of hydrogen-bond acceptors (Lipinski definition) is 3. The molecule has 6 heteroatoms. The van der Waals surface area contributed by atoms with Gasteiger partial charge in [-0.15, -0.1) is 0 Å². The van der Waals surface area contributed by atoms with Crippen molar-refractivity contribution in [3.8, 4) is 0 Å². The first-order chi connectivity index (χ1) is 12.1. The lowest BCUT2D eigenvalue weighted by atomic mass is 10.1. The lowest BCUT2D eigenvalue weighted by molar-refractivity contribution is -0.117. The van der Waals surface area contributed by atoms with E-state index in [0.717, 1.165) is 5.56 Å². The molecule has 3 N–H and O–H groups in total. The van der Waals surface area contributed by atoms with Crippen LogP contribution < -0.4 is 10.6 Å². The minimum atomic E-state index is -0.468. The fourth-order valence-corrected chi connectivity index (χ4v) is 2.31. The van der Waals surface area contributed by atoms with Gasteiger partial charge in [-0.1, -0.05) is 54.1 Å². The SMILES string of the molecule is O=C(NCCCO)C(=Cc1ccccc1)NC(=O)c1ccccc1Cl. The number of carbonyl (C=O) groups is 2. The highest BCUT2D eigenvalue weighted by Gasteiger charge is 2.16. The molecule has 2 rings (SSSR count). The van der Waals surface area contributed by atoms with E-state index >= 15 is 0 Å². The molecule has 0 heterocycles. The monoisotopic (exact) mass is 358 g/mol. The van der Waals surface area contributed by atoms with E-state index in [2.05, 4.69) is 10.6 Å². The van der Waals surface area contributed by atoms with Crippen molar-refractivity contribution in [3.05, 3.63) is 76.4 Å². The van der Waals surface area contributed by atoms with Crippen LogP contribution in [0.4, 0.5) is 0 Å². The van der Waals surface area contributed by atoms with Gasteiger partial charge in [0.2, 0.25) is 0 Å². The molecule has 0 aliphatic rings. The molecule has 5 nitrogen and oxygen atoms in total.